The van der Waals surface area contributed by atoms with E-state index in [-0.39, 0.29) is 43.2 Å². The number of thioether (sulfide) groups is 1. The van der Waals surface area contributed by atoms with Crippen molar-refractivity contribution in [2.24, 2.45) is 0 Å². The van der Waals surface area contributed by atoms with Crippen LogP contribution in [0.1, 0.15) is 12.5 Å². The van der Waals surface area contributed by atoms with Crippen molar-refractivity contribution < 1.29 is 19.1 Å². The number of halogens is 1. The van der Waals surface area contributed by atoms with E-state index < -0.39 is 0 Å². The van der Waals surface area contributed by atoms with Gasteiger partial charge in [0.1, 0.15) is 5.75 Å². The minimum atomic E-state index is -0.309. The SMILES string of the molecule is CNCC(=O)NC(C)CN(C(=O)CSC)c1ccccc1N(C=O)Cc1c(OC)ccc2cc(Br)ccc12. The number of anilines is 2. The second-order valence-corrected chi connectivity index (χ2v) is 10.6. The van der Waals surface area contributed by atoms with Crippen molar-refractivity contribution in [2.45, 2.75) is 19.5 Å². The summed E-state index contributed by atoms with van der Waals surface area (Å²) in [6.45, 7) is 2.53. The Morgan fingerprint density at radius 1 is 1.13 bits per heavy atom. The third kappa shape index (κ3) is 7.27. The summed E-state index contributed by atoms with van der Waals surface area (Å²) < 4.78 is 6.61. The molecule has 2 N–H and O–H groups in total. The molecule has 3 rings (SSSR count). The molecule has 0 saturated carbocycles. The Kier molecular flexibility index (Phi) is 11.0. The summed E-state index contributed by atoms with van der Waals surface area (Å²) in [6.07, 6.45) is 2.63. The number of para-hydroxylation sites is 2. The van der Waals surface area contributed by atoms with Gasteiger partial charge in [0, 0.05) is 22.6 Å². The summed E-state index contributed by atoms with van der Waals surface area (Å²) in [7, 11) is 3.31. The van der Waals surface area contributed by atoms with Crippen molar-refractivity contribution in [1.82, 2.24) is 10.6 Å². The largest absolute Gasteiger partial charge is 0.496 e. The average Bonchev–Trinajstić information content (AvgIpc) is 2.90. The van der Waals surface area contributed by atoms with Gasteiger partial charge in [-0.05, 0) is 61.3 Å². The minimum Gasteiger partial charge on any atom is -0.496 e. The van der Waals surface area contributed by atoms with Crippen LogP contribution in [0.5, 0.6) is 5.75 Å². The fourth-order valence-corrected chi connectivity index (χ4v) is 5.11. The molecule has 10 heteroatoms. The molecule has 0 aliphatic carbocycles. The van der Waals surface area contributed by atoms with Gasteiger partial charge in [-0.25, -0.2) is 0 Å². The van der Waals surface area contributed by atoms with Gasteiger partial charge >= 0.3 is 0 Å². The molecule has 3 aromatic rings. The standard InChI is InChI=1S/C28H33BrN4O4S/c1-19(31-27(35)14-30-2)15-33(28(36)17-38-4)25-8-6-5-7-24(25)32(18-34)16-23-22-11-10-21(29)13-20(22)9-12-26(23)37-3/h5-13,18-19,30H,14-17H2,1-4H3,(H,31,35). The molecule has 0 radical (unpaired) electrons. The Morgan fingerprint density at radius 2 is 1.87 bits per heavy atom. The number of carbonyl (C=O) groups excluding carboxylic acids is 3. The first kappa shape index (κ1) is 29.5. The number of nitrogens with one attached hydrogen (secondary N) is 2. The fourth-order valence-electron chi connectivity index (χ4n) is 4.33. The maximum absolute atomic E-state index is 13.3. The van der Waals surface area contributed by atoms with Crippen molar-refractivity contribution in [3.63, 3.8) is 0 Å². The number of likely N-dealkylation sites (N-methyl/N-ethyl adjacent to an activating group) is 1. The lowest BCUT2D eigenvalue weighted by molar-refractivity contribution is -0.121. The first-order chi connectivity index (χ1) is 18.3. The Bertz CT molecular complexity index is 1290. The lowest BCUT2D eigenvalue weighted by atomic mass is 10.0. The van der Waals surface area contributed by atoms with Crippen LogP contribution >= 0.6 is 27.7 Å². The zero-order chi connectivity index (χ0) is 27.7. The molecule has 0 aromatic heterocycles. The maximum atomic E-state index is 13.3. The molecule has 38 heavy (non-hydrogen) atoms. The number of methoxy groups -OCH3 is 1. The Balaban J connectivity index is 2.02. The van der Waals surface area contributed by atoms with E-state index >= 15 is 0 Å². The van der Waals surface area contributed by atoms with Crippen LogP contribution in [0.25, 0.3) is 10.8 Å². The number of carbonyl (C=O) groups is 3. The van der Waals surface area contributed by atoms with Crippen LogP contribution in [0, 0.1) is 0 Å². The summed E-state index contributed by atoms with van der Waals surface area (Å²) in [5, 5.41) is 7.72. The molecule has 3 aromatic carbocycles. The molecular formula is C28H33BrN4O4S. The number of hydrogen-bond donors (Lipinski definition) is 2. The first-order valence-electron chi connectivity index (χ1n) is 12.1. The molecule has 0 heterocycles. The highest BCUT2D eigenvalue weighted by molar-refractivity contribution is 9.10. The molecule has 8 nitrogen and oxygen atoms in total. The fraction of sp³-hybridized carbons (Fsp3) is 0.321. The molecule has 1 unspecified atom stereocenters. The van der Waals surface area contributed by atoms with Crippen LogP contribution in [0.4, 0.5) is 11.4 Å². The second kappa shape index (κ2) is 14.2. The molecule has 0 fully saturated rings. The number of amides is 3. The van der Waals surface area contributed by atoms with E-state index in [1.165, 1.54) is 11.8 Å². The van der Waals surface area contributed by atoms with Crippen LogP contribution < -0.4 is 25.2 Å². The van der Waals surface area contributed by atoms with Crippen LogP contribution in [0.2, 0.25) is 0 Å². The normalized spacial score (nSPS) is 11.6. The van der Waals surface area contributed by atoms with E-state index in [0.29, 0.717) is 17.1 Å². The van der Waals surface area contributed by atoms with E-state index in [1.54, 1.807) is 24.0 Å². The van der Waals surface area contributed by atoms with E-state index in [1.807, 2.05) is 67.8 Å². The summed E-state index contributed by atoms with van der Waals surface area (Å²) in [6, 6.07) is 16.8. The minimum absolute atomic E-state index is 0.113. The quantitative estimate of drug-likeness (QED) is 0.286. The van der Waals surface area contributed by atoms with Gasteiger partial charge in [0.25, 0.3) is 0 Å². The third-order valence-corrected chi connectivity index (χ3v) is 7.01. The van der Waals surface area contributed by atoms with Gasteiger partial charge in [-0.3, -0.25) is 14.4 Å². The summed E-state index contributed by atoms with van der Waals surface area (Å²) >= 11 is 4.94. The number of fused-ring (bicyclic) bond motifs is 1. The van der Waals surface area contributed by atoms with Gasteiger partial charge in [0.2, 0.25) is 18.2 Å². The van der Waals surface area contributed by atoms with Crippen molar-refractivity contribution in [2.75, 3.05) is 49.1 Å². The van der Waals surface area contributed by atoms with E-state index in [9.17, 15) is 14.4 Å². The number of hydrogen-bond acceptors (Lipinski definition) is 6. The number of ether oxygens (including phenoxy) is 1. The van der Waals surface area contributed by atoms with Crippen molar-refractivity contribution in [1.29, 1.82) is 0 Å². The molecule has 0 saturated heterocycles. The third-order valence-electron chi connectivity index (χ3n) is 5.98. The van der Waals surface area contributed by atoms with Gasteiger partial charge in [-0.15, -0.1) is 0 Å². The zero-order valence-corrected chi connectivity index (χ0v) is 24.4. The Morgan fingerprint density at radius 3 is 2.53 bits per heavy atom. The molecule has 202 valence electrons. The highest BCUT2D eigenvalue weighted by atomic mass is 79.9. The molecule has 3 amide bonds. The summed E-state index contributed by atoms with van der Waals surface area (Å²) in [5.41, 5.74) is 2.03. The van der Waals surface area contributed by atoms with Crippen LogP contribution in [0.3, 0.4) is 0 Å². The van der Waals surface area contributed by atoms with Crippen LogP contribution in [-0.4, -0.2) is 63.5 Å². The lowest BCUT2D eigenvalue weighted by Crippen LogP contribution is -2.47. The number of benzene rings is 3. The maximum Gasteiger partial charge on any atom is 0.237 e. The van der Waals surface area contributed by atoms with Crippen molar-refractivity contribution in [3.8, 4) is 5.75 Å². The van der Waals surface area contributed by atoms with E-state index in [2.05, 4.69) is 26.6 Å². The van der Waals surface area contributed by atoms with Gasteiger partial charge in [-0.2, -0.15) is 11.8 Å². The molecule has 0 spiro atoms. The molecule has 0 bridgehead atoms. The highest BCUT2D eigenvalue weighted by Gasteiger charge is 2.24. The number of nitrogens with zero attached hydrogens (tertiary/aromatic N) is 2. The monoisotopic (exact) mass is 600 g/mol. The predicted molar refractivity (Wildman–Crippen MR) is 159 cm³/mol. The van der Waals surface area contributed by atoms with Crippen molar-refractivity contribution >= 4 is 68.1 Å². The highest BCUT2D eigenvalue weighted by Crippen LogP contribution is 2.35. The Labute approximate surface area is 236 Å². The predicted octanol–water partition coefficient (Wildman–Crippen LogP) is 4.19. The molecular weight excluding hydrogens is 568 g/mol. The molecule has 0 aliphatic heterocycles. The molecule has 1 atom stereocenters. The second-order valence-electron chi connectivity index (χ2n) is 8.77. The Hall–Kier alpha value is -3.08. The smallest absolute Gasteiger partial charge is 0.237 e. The van der Waals surface area contributed by atoms with Gasteiger partial charge in [-0.1, -0.05) is 40.2 Å². The summed E-state index contributed by atoms with van der Waals surface area (Å²) in [5.74, 6) is 0.659. The van der Waals surface area contributed by atoms with Gasteiger partial charge in [0.05, 0.1) is 37.3 Å². The van der Waals surface area contributed by atoms with Gasteiger partial charge in [0.15, 0.2) is 0 Å². The van der Waals surface area contributed by atoms with E-state index in [4.69, 9.17) is 4.74 Å². The lowest BCUT2D eigenvalue weighted by Gasteiger charge is -2.31. The summed E-state index contributed by atoms with van der Waals surface area (Å²) in [4.78, 5) is 41.1. The van der Waals surface area contributed by atoms with Crippen molar-refractivity contribution in [3.05, 3.63) is 64.6 Å². The topological polar surface area (TPSA) is 91.0 Å². The average molecular weight is 602 g/mol. The molecule has 0 aliphatic rings. The van der Waals surface area contributed by atoms with Gasteiger partial charge < -0.3 is 25.2 Å². The van der Waals surface area contributed by atoms with Crippen LogP contribution in [0.15, 0.2) is 59.1 Å². The van der Waals surface area contributed by atoms with E-state index in [0.717, 1.165) is 27.2 Å². The number of rotatable bonds is 13. The first-order valence-corrected chi connectivity index (χ1v) is 14.3. The van der Waals surface area contributed by atoms with Crippen LogP contribution in [-0.2, 0) is 20.9 Å². The zero-order valence-electron chi connectivity index (χ0n) is 22.0.